The van der Waals surface area contributed by atoms with Gasteiger partial charge in [-0.1, -0.05) is 73.0 Å². The number of rotatable bonds is 8. The Hall–Kier alpha value is -2.58. The predicted octanol–water partition coefficient (Wildman–Crippen LogP) is 5.72. The van der Waals surface area contributed by atoms with E-state index >= 15 is 0 Å². The zero-order chi connectivity index (χ0) is 23.0. The molecular weight excluding hydrogens is 450 g/mol. The molecule has 6 nitrogen and oxygen atoms in total. The van der Waals surface area contributed by atoms with Crippen LogP contribution in [0.1, 0.15) is 49.3 Å². The maximum absolute atomic E-state index is 12.4. The molecule has 0 unspecified atom stereocenters. The van der Waals surface area contributed by atoms with Gasteiger partial charge in [0.25, 0.3) is 5.91 Å². The Bertz CT molecular complexity index is 1090. The van der Waals surface area contributed by atoms with E-state index in [9.17, 15) is 4.79 Å². The molecule has 1 aliphatic rings. The number of amides is 1. The zero-order valence-corrected chi connectivity index (χ0v) is 20.7. The van der Waals surface area contributed by atoms with Gasteiger partial charge in [-0.05, 0) is 43.7 Å². The lowest BCUT2D eigenvalue weighted by molar-refractivity contribution is -0.118. The van der Waals surface area contributed by atoms with Crippen molar-refractivity contribution in [3.63, 3.8) is 0 Å². The number of nitrogens with zero attached hydrogens (tertiary/aromatic N) is 4. The van der Waals surface area contributed by atoms with Crippen molar-refractivity contribution in [3.05, 3.63) is 59.7 Å². The highest BCUT2D eigenvalue weighted by Crippen LogP contribution is 2.35. The number of carbonyl (C=O) groups excluding carboxylic acids is 1. The lowest BCUT2D eigenvalue weighted by atomic mass is 9.95. The summed E-state index contributed by atoms with van der Waals surface area (Å²) in [6.45, 7) is 2.08. The van der Waals surface area contributed by atoms with Gasteiger partial charge in [0.05, 0.1) is 12.0 Å². The molecule has 0 bridgehead atoms. The molecule has 0 spiro atoms. The molecule has 3 aromatic rings. The molecule has 4 rings (SSSR count). The third kappa shape index (κ3) is 6.26. The van der Waals surface area contributed by atoms with Crippen molar-refractivity contribution in [2.45, 2.75) is 55.1 Å². The minimum absolute atomic E-state index is 0.160. The highest BCUT2D eigenvalue weighted by atomic mass is 32.2. The van der Waals surface area contributed by atoms with Crippen LogP contribution in [0.2, 0.25) is 0 Å². The average molecular weight is 480 g/mol. The van der Waals surface area contributed by atoms with E-state index in [1.807, 2.05) is 30.5 Å². The molecule has 0 saturated heterocycles. The molecule has 1 heterocycles. The molecule has 0 radical (unpaired) electrons. The maximum atomic E-state index is 12.4. The standard InChI is InChI=1S/C25H29N5OS2/c1-18-8-12-20(13-9-18)24-28-29-25(30(24)21-6-4-3-5-7-21)33-17-23(31)27-26-16-19-10-14-22(32-2)15-11-19/h8-16,21H,3-7,17H2,1-2H3,(H,27,31). The molecule has 1 fully saturated rings. The Kier molecular flexibility index (Phi) is 8.23. The van der Waals surface area contributed by atoms with Crippen LogP contribution in [0, 0.1) is 6.92 Å². The lowest BCUT2D eigenvalue weighted by Crippen LogP contribution is -2.20. The van der Waals surface area contributed by atoms with Crippen molar-refractivity contribution >= 4 is 35.6 Å². The molecule has 2 aromatic carbocycles. The Morgan fingerprint density at radius 3 is 2.52 bits per heavy atom. The van der Waals surface area contributed by atoms with E-state index < -0.39 is 0 Å². The summed E-state index contributed by atoms with van der Waals surface area (Å²) in [4.78, 5) is 13.6. The van der Waals surface area contributed by atoms with Gasteiger partial charge in [-0.25, -0.2) is 5.43 Å². The van der Waals surface area contributed by atoms with Gasteiger partial charge < -0.3 is 0 Å². The monoisotopic (exact) mass is 479 g/mol. The molecule has 1 N–H and O–H groups in total. The second-order valence-corrected chi connectivity index (χ2v) is 10.0. The van der Waals surface area contributed by atoms with Gasteiger partial charge in [0.15, 0.2) is 11.0 Å². The Morgan fingerprint density at radius 2 is 1.82 bits per heavy atom. The molecule has 1 aliphatic carbocycles. The number of nitrogens with one attached hydrogen (secondary N) is 1. The van der Waals surface area contributed by atoms with Crippen LogP contribution in [0.3, 0.4) is 0 Å². The molecular formula is C25H29N5OS2. The second-order valence-electron chi connectivity index (χ2n) is 8.19. The van der Waals surface area contributed by atoms with Gasteiger partial charge in [0.1, 0.15) is 0 Å². The third-order valence-electron chi connectivity index (χ3n) is 5.77. The van der Waals surface area contributed by atoms with Crippen molar-refractivity contribution in [2.24, 2.45) is 5.10 Å². The number of benzene rings is 2. The van der Waals surface area contributed by atoms with Crippen molar-refractivity contribution in [1.29, 1.82) is 0 Å². The van der Waals surface area contributed by atoms with Crippen LogP contribution >= 0.6 is 23.5 Å². The van der Waals surface area contributed by atoms with Gasteiger partial charge >= 0.3 is 0 Å². The van der Waals surface area contributed by atoms with Gasteiger partial charge in [0, 0.05) is 16.5 Å². The van der Waals surface area contributed by atoms with Crippen molar-refractivity contribution in [3.8, 4) is 11.4 Å². The van der Waals surface area contributed by atoms with E-state index in [4.69, 9.17) is 0 Å². The van der Waals surface area contributed by atoms with Crippen LogP contribution in [-0.4, -0.2) is 38.9 Å². The molecule has 1 amide bonds. The van der Waals surface area contributed by atoms with Crippen LogP contribution in [-0.2, 0) is 4.79 Å². The smallest absolute Gasteiger partial charge is 0.250 e. The van der Waals surface area contributed by atoms with Gasteiger partial charge in [-0.15, -0.1) is 22.0 Å². The predicted molar refractivity (Wildman–Crippen MR) is 137 cm³/mol. The SMILES string of the molecule is CSc1ccc(C=NNC(=O)CSc2nnc(-c3ccc(C)cc3)n2C2CCCCC2)cc1. The van der Waals surface area contributed by atoms with E-state index in [-0.39, 0.29) is 11.7 Å². The maximum Gasteiger partial charge on any atom is 0.250 e. The van der Waals surface area contributed by atoms with Crippen LogP contribution in [0.4, 0.5) is 0 Å². The molecule has 1 aromatic heterocycles. The third-order valence-corrected chi connectivity index (χ3v) is 7.45. The van der Waals surface area contributed by atoms with Crippen molar-refractivity contribution < 1.29 is 4.79 Å². The number of hydrogen-bond donors (Lipinski definition) is 1. The topological polar surface area (TPSA) is 72.2 Å². The quantitative estimate of drug-likeness (QED) is 0.254. The van der Waals surface area contributed by atoms with Crippen LogP contribution in [0.5, 0.6) is 0 Å². The van der Waals surface area contributed by atoms with E-state index in [2.05, 4.69) is 56.5 Å². The average Bonchev–Trinajstić information content (AvgIpc) is 3.28. The molecule has 0 atom stereocenters. The lowest BCUT2D eigenvalue weighted by Gasteiger charge is -2.25. The largest absolute Gasteiger partial charge is 0.299 e. The van der Waals surface area contributed by atoms with Crippen molar-refractivity contribution in [2.75, 3.05) is 12.0 Å². The number of aromatic nitrogens is 3. The summed E-state index contributed by atoms with van der Waals surface area (Å²) >= 11 is 3.11. The first-order valence-corrected chi connectivity index (χ1v) is 13.5. The number of carbonyl (C=O) groups is 1. The fourth-order valence-electron chi connectivity index (χ4n) is 3.97. The van der Waals surface area contributed by atoms with Crippen LogP contribution in [0.15, 0.2) is 63.7 Å². The Labute approximate surface area is 203 Å². The van der Waals surface area contributed by atoms with E-state index in [1.165, 1.54) is 41.5 Å². The number of aryl methyl sites for hydroxylation is 1. The summed E-state index contributed by atoms with van der Waals surface area (Å²) in [5.74, 6) is 0.963. The Morgan fingerprint density at radius 1 is 1.09 bits per heavy atom. The first kappa shape index (κ1) is 23.6. The zero-order valence-electron chi connectivity index (χ0n) is 19.0. The summed E-state index contributed by atoms with van der Waals surface area (Å²) in [6.07, 6.45) is 9.65. The van der Waals surface area contributed by atoms with E-state index in [0.29, 0.717) is 6.04 Å². The molecule has 1 saturated carbocycles. The first-order chi connectivity index (χ1) is 16.1. The highest BCUT2D eigenvalue weighted by molar-refractivity contribution is 7.99. The van der Waals surface area contributed by atoms with Crippen molar-refractivity contribution in [1.82, 2.24) is 20.2 Å². The summed E-state index contributed by atoms with van der Waals surface area (Å²) in [5, 5.41) is 13.9. The van der Waals surface area contributed by atoms with Gasteiger partial charge in [-0.3, -0.25) is 9.36 Å². The van der Waals surface area contributed by atoms with Crippen LogP contribution < -0.4 is 5.43 Å². The normalized spacial score (nSPS) is 14.6. The summed E-state index contributed by atoms with van der Waals surface area (Å²) < 4.78 is 2.25. The van der Waals surface area contributed by atoms with E-state index in [1.54, 1.807) is 18.0 Å². The fourth-order valence-corrected chi connectivity index (χ4v) is 5.18. The first-order valence-electron chi connectivity index (χ1n) is 11.2. The fraction of sp³-hybridized carbons (Fsp3) is 0.360. The highest BCUT2D eigenvalue weighted by Gasteiger charge is 2.24. The summed E-state index contributed by atoms with van der Waals surface area (Å²) in [5.41, 5.74) is 5.84. The van der Waals surface area contributed by atoms with Crippen LogP contribution in [0.25, 0.3) is 11.4 Å². The summed E-state index contributed by atoms with van der Waals surface area (Å²) in [7, 11) is 0. The van der Waals surface area contributed by atoms with Gasteiger partial charge in [0.2, 0.25) is 0 Å². The minimum Gasteiger partial charge on any atom is -0.299 e. The molecule has 0 aliphatic heterocycles. The summed E-state index contributed by atoms with van der Waals surface area (Å²) in [6, 6.07) is 16.8. The Balaban J connectivity index is 1.42. The molecule has 172 valence electrons. The number of thioether (sulfide) groups is 2. The minimum atomic E-state index is -0.160. The number of hydrogen-bond acceptors (Lipinski definition) is 6. The number of hydrazone groups is 1. The second kappa shape index (κ2) is 11.5. The van der Waals surface area contributed by atoms with Gasteiger partial charge in [-0.2, -0.15) is 5.10 Å². The van der Waals surface area contributed by atoms with E-state index in [0.717, 1.165) is 34.9 Å². The molecule has 33 heavy (non-hydrogen) atoms. The molecule has 8 heteroatoms.